The molecule has 0 spiro atoms. The Bertz CT molecular complexity index is 66.3. The van der Waals surface area contributed by atoms with Crippen LogP contribution < -0.4 is 0 Å². The van der Waals surface area contributed by atoms with Crippen LogP contribution in [0.3, 0.4) is 0 Å². The average Bonchev–Trinajstić information content (AvgIpc) is 1.73. The number of hydrogen-bond donors (Lipinski definition) is 0. The maximum Gasteiger partial charge on any atom is 0.0700 e. The zero-order valence-electron chi connectivity index (χ0n) is 4.09. The molecule has 1 rings (SSSR count). The molecule has 0 amide bonds. The lowest BCUT2D eigenvalue weighted by Gasteiger charge is -1.89. The molecule has 6 heavy (non-hydrogen) atoms. The summed E-state index contributed by atoms with van der Waals surface area (Å²) in [6.45, 7) is 4.30. The van der Waals surface area contributed by atoms with Gasteiger partial charge in [-0.05, 0) is 11.8 Å². The third-order valence-corrected chi connectivity index (χ3v) is 1.85. The summed E-state index contributed by atoms with van der Waals surface area (Å²) < 4.78 is 0. The van der Waals surface area contributed by atoms with E-state index in [2.05, 4.69) is 13.8 Å². The predicted octanol–water partition coefficient (Wildman–Crippen LogP) is 2.19. The highest BCUT2D eigenvalue weighted by Gasteiger charge is 2.45. The van der Waals surface area contributed by atoms with E-state index in [0.29, 0.717) is 5.41 Å². The minimum atomic E-state index is 0.390. The molecule has 1 fully saturated rings. The maximum atomic E-state index is 5.59. The van der Waals surface area contributed by atoms with Gasteiger partial charge in [-0.3, -0.25) is 0 Å². The molecule has 0 nitrogen and oxygen atoms in total. The fourth-order valence-electron chi connectivity index (χ4n) is 0.344. The van der Waals surface area contributed by atoms with Crippen molar-refractivity contribution in [3.63, 3.8) is 0 Å². The van der Waals surface area contributed by atoms with Crippen molar-refractivity contribution in [2.75, 3.05) is 0 Å². The van der Waals surface area contributed by atoms with E-state index in [9.17, 15) is 0 Å². The Morgan fingerprint density at radius 1 is 1.67 bits per heavy atom. The van der Waals surface area contributed by atoms with Gasteiger partial charge in [-0.1, -0.05) is 13.8 Å². The molecule has 1 aliphatic carbocycles. The first-order chi connectivity index (χ1) is 2.63. The zero-order valence-corrected chi connectivity index (χ0v) is 4.84. The summed E-state index contributed by atoms with van der Waals surface area (Å²) in [5.41, 5.74) is 0.390. The topological polar surface area (TPSA) is 0 Å². The van der Waals surface area contributed by atoms with Crippen molar-refractivity contribution in [3.8, 4) is 0 Å². The van der Waals surface area contributed by atoms with Crippen molar-refractivity contribution in [2.45, 2.75) is 20.3 Å². The molecule has 0 atom stereocenters. The van der Waals surface area contributed by atoms with E-state index >= 15 is 0 Å². The van der Waals surface area contributed by atoms with E-state index in [4.69, 9.17) is 11.6 Å². The molecular weight excluding hydrogens is 95.5 g/mol. The highest BCUT2D eigenvalue weighted by atomic mass is 35.5. The molecule has 0 aromatic heterocycles. The van der Waals surface area contributed by atoms with Gasteiger partial charge in [0.1, 0.15) is 0 Å². The van der Waals surface area contributed by atoms with Crippen molar-refractivity contribution >= 4 is 11.6 Å². The molecule has 1 radical (unpaired) electrons. The molecule has 0 N–H and O–H groups in total. The number of hydrogen-bond acceptors (Lipinski definition) is 0. The van der Waals surface area contributed by atoms with Gasteiger partial charge >= 0.3 is 0 Å². The largest absolute Gasteiger partial charge is 0.117 e. The molecule has 0 bridgehead atoms. The second kappa shape index (κ2) is 0.919. The Morgan fingerprint density at radius 2 is 1.83 bits per heavy atom. The van der Waals surface area contributed by atoms with Crippen LogP contribution in [-0.2, 0) is 0 Å². The predicted molar refractivity (Wildman–Crippen MR) is 27.5 cm³/mol. The monoisotopic (exact) mass is 103 g/mol. The van der Waals surface area contributed by atoms with Gasteiger partial charge in [0.15, 0.2) is 0 Å². The average molecular weight is 104 g/mol. The van der Waals surface area contributed by atoms with Gasteiger partial charge in [0.2, 0.25) is 0 Å². The Balaban J connectivity index is 2.41. The van der Waals surface area contributed by atoms with Crippen LogP contribution in [0.2, 0.25) is 0 Å². The molecule has 0 aliphatic heterocycles. The number of rotatable bonds is 0. The fraction of sp³-hybridized carbons (Fsp3) is 0.800. The SMILES string of the molecule is CC1(C)C[C]1Cl. The Labute approximate surface area is 43.5 Å². The standard InChI is InChI=1S/C5H8Cl/c1-5(2)3-4(5)6/h3H2,1-2H3. The molecular formula is C5H8Cl. The quantitative estimate of drug-likeness (QED) is 0.441. The summed E-state index contributed by atoms with van der Waals surface area (Å²) in [5.74, 6) is 0. The second-order valence-corrected chi connectivity index (χ2v) is 2.92. The molecule has 0 aromatic rings. The van der Waals surface area contributed by atoms with Crippen molar-refractivity contribution in [3.05, 3.63) is 5.38 Å². The summed E-state index contributed by atoms with van der Waals surface area (Å²) in [5, 5.41) is 1.13. The third kappa shape index (κ3) is 0.538. The van der Waals surface area contributed by atoms with Gasteiger partial charge < -0.3 is 0 Å². The fourth-order valence-corrected chi connectivity index (χ4v) is 0.678. The lowest BCUT2D eigenvalue weighted by Crippen LogP contribution is -1.79. The second-order valence-electron chi connectivity index (χ2n) is 2.47. The first-order valence-corrected chi connectivity index (χ1v) is 2.52. The van der Waals surface area contributed by atoms with Crippen LogP contribution in [-0.4, -0.2) is 0 Å². The number of halogens is 1. The Morgan fingerprint density at radius 3 is 1.83 bits per heavy atom. The van der Waals surface area contributed by atoms with Crippen molar-refractivity contribution in [2.24, 2.45) is 5.41 Å². The molecule has 1 aliphatic rings. The molecule has 1 heteroatoms. The summed E-state index contributed by atoms with van der Waals surface area (Å²) in [6.07, 6.45) is 1.12. The van der Waals surface area contributed by atoms with E-state index in [1.165, 1.54) is 0 Å². The van der Waals surface area contributed by atoms with Crippen LogP contribution >= 0.6 is 11.6 Å². The van der Waals surface area contributed by atoms with Crippen LogP contribution in [0, 0.1) is 10.8 Å². The van der Waals surface area contributed by atoms with Crippen LogP contribution in [0.25, 0.3) is 0 Å². The first kappa shape index (κ1) is 4.45. The lowest BCUT2D eigenvalue weighted by molar-refractivity contribution is 0.679. The molecule has 0 aromatic carbocycles. The van der Waals surface area contributed by atoms with Crippen LogP contribution in [0.4, 0.5) is 0 Å². The maximum absolute atomic E-state index is 5.59. The first-order valence-electron chi connectivity index (χ1n) is 2.15. The van der Waals surface area contributed by atoms with Gasteiger partial charge in [0.05, 0.1) is 5.38 Å². The smallest absolute Gasteiger partial charge is 0.0700 e. The van der Waals surface area contributed by atoms with Gasteiger partial charge in [0.25, 0.3) is 0 Å². The zero-order chi connectivity index (χ0) is 4.78. The highest BCUT2D eigenvalue weighted by Crippen LogP contribution is 2.56. The lowest BCUT2D eigenvalue weighted by atomic mass is 10.2. The Hall–Kier alpha value is 0.290. The van der Waals surface area contributed by atoms with Gasteiger partial charge in [-0.15, -0.1) is 11.6 Å². The highest BCUT2D eigenvalue weighted by molar-refractivity contribution is 6.29. The van der Waals surface area contributed by atoms with Gasteiger partial charge in [-0.25, -0.2) is 0 Å². The molecule has 0 saturated heterocycles. The van der Waals surface area contributed by atoms with E-state index in [-0.39, 0.29) is 0 Å². The van der Waals surface area contributed by atoms with E-state index < -0.39 is 0 Å². The minimum absolute atomic E-state index is 0.390. The van der Waals surface area contributed by atoms with Crippen LogP contribution in [0.1, 0.15) is 20.3 Å². The molecule has 1 saturated carbocycles. The van der Waals surface area contributed by atoms with Gasteiger partial charge in [-0.2, -0.15) is 0 Å². The van der Waals surface area contributed by atoms with E-state index in [1.807, 2.05) is 0 Å². The van der Waals surface area contributed by atoms with Gasteiger partial charge in [0, 0.05) is 0 Å². The molecule has 35 valence electrons. The summed E-state index contributed by atoms with van der Waals surface area (Å²) in [6, 6.07) is 0. The summed E-state index contributed by atoms with van der Waals surface area (Å²) in [7, 11) is 0. The van der Waals surface area contributed by atoms with E-state index in [0.717, 1.165) is 11.8 Å². The molecule has 0 heterocycles. The van der Waals surface area contributed by atoms with Crippen LogP contribution in [0.5, 0.6) is 0 Å². The normalized spacial score (nSPS) is 30.5. The van der Waals surface area contributed by atoms with Crippen molar-refractivity contribution in [1.82, 2.24) is 0 Å². The molecule has 0 unspecified atom stereocenters. The van der Waals surface area contributed by atoms with Crippen LogP contribution in [0.15, 0.2) is 0 Å². The summed E-state index contributed by atoms with van der Waals surface area (Å²) in [4.78, 5) is 0. The van der Waals surface area contributed by atoms with E-state index in [1.54, 1.807) is 0 Å². The minimum Gasteiger partial charge on any atom is -0.117 e. The van der Waals surface area contributed by atoms with Crippen molar-refractivity contribution < 1.29 is 0 Å². The Kier molecular flexibility index (Phi) is 0.682. The third-order valence-electron chi connectivity index (χ3n) is 1.21. The summed E-state index contributed by atoms with van der Waals surface area (Å²) >= 11 is 5.59. The van der Waals surface area contributed by atoms with Crippen molar-refractivity contribution in [1.29, 1.82) is 0 Å².